The van der Waals surface area contributed by atoms with Crippen LogP contribution in [0.5, 0.6) is 0 Å². The number of hydrogen-bond acceptors (Lipinski definition) is 6. The van der Waals surface area contributed by atoms with Crippen LogP contribution in [0.3, 0.4) is 0 Å². The summed E-state index contributed by atoms with van der Waals surface area (Å²) in [5.41, 5.74) is 2.34. The fourth-order valence-electron chi connectivity index (χ4n) is 3.21. The van der Waals surface area contributed by atoms with Crippen molar-refractivity contribution in [1.82, 2.24) is 9.38 Å². The molecule has 0 aliphatic rings. The van der Waals surface area contributed by atoms with Crippen molar-refractivity contribution in [3.05, 3.63) is 110 Å². The molecule has 0 amide bonds. The third kappa shape index (κ3) is 4.18. The minimum Gasteiger partial charge on any atom is -0.365 e. The number of anilines is 1. The highest BCUT2D eigenvalue weighted by molar-refractivity contribution is 5.89. The van der Waals surface area contributed by atoms with E-state index in [0.29, 0.717) is 18.0 Å². The SMILES string of the molecule is Cc1cccn2c(=O)c(C=Nc3ccccc3[N+](=O)[O-])c(NCc3ccccc3)nc12. The Bertz CT molecular complexity index is 1350. The first-order chi connectivity index (χ1) is 15.0. The molecule has 31 heavy (non-hydrogen) atoms. The van der Waals surface area contributed by atoms with Gasteiger partial charge < -0.3 is 5.32 Å². The molecule has 0 spiro atoms. The van der Waals surface area contributed by atoms with Gasteiger partial charge in [-0.2, -0.15) is 0 Å². The van der Waals surface area contributed by atoms with Crippen molar-refractivity contribution in [1.29, 1.82) is 0 Å². The number of aryl methyl sites for hydroxylation is 1. The van der Waals surface area contributed by atoms with Crippen LogP contribution in [0, 0.1) is 17.0 Å². The molecule has 8 heteroatoms. The quantitative estimate of drug-likeness (QED) is 0.289. The normalized spacial score (nSPS) is 11.1. The van der Waals surface area contributed by atoms with Gasteiger partial charge in [0.2, 0.25) is 0 Å². The van der Waals surface area contributed by atoms with Gasteiger partial charge in [0.15, 0.2) is 0 Å². The van der Waals surface area contributed by atoms with E-state index >= 15 is 0 Å². The molecule has 2 heterocycles. The first-order valence-corrected chi connectivity index (χ1v) is 9.62. The molecular weight excluding hydrogens is 394 g/mol. The van der Waals surface area contributed by atoms with Gasteiger partial charge in [-0.25, -0.2) is 9.98 Å². The molecule has 0 atom stereocenters. The highest BCUT2D eigenvalue weighted by Gasteiger charge is 2.15. The number of nitro benzene ring substituents is 1. The van der Waals surface area contributed by atoms with Gasteiger partial charge in [-0.15, -0.1) is 0 Å². The second kappa shape index (κ2) is 8.58. The van der Waals surface area contributed by atoms with Crippen LogP contribution in [-0.2, 0) is 6.54 Å². The van der Waals surface area contributed by atoms with Gasteiger partial charge >= 0.3 is 0 Å². The number of benzene rings is 2. The molecule has 0 saturated carbocycles. The molecule has 0 aliphatic heterocycles. The predicted molar refractivity (Wildman–Crippen MR) is 120 cm³/mol. The lowest BCUT2D eigenvalue weighted by molar-refractivity contribution is -0.384. The second-order valence-electron chi connectivity index (χ2n) is 6.91. The summed E-state index contributed by atoms with van der Waals surface area (Å²) in [6.07, 6.45) is 2.97. The van der Waals surface area contributed by atoms with E-state index in [-0.39, 0.29) is 22.5 Å². The summed E-state index contributed by atoms with van der Waals surface area (Å²) >= 11 is 0. The molecule has 4 rings (SSSR count). The molecule has 0 unspecified atom stereocenters. The summed E-state index contributed by atoms with van der Waals surface area (Å²) in [7, 11) is 0. The van der Waals surface area contributed by atoms with E-state index in [1.807, 2.05) is 43.3 Å². The average Bonchev–Trinajstić information content (AvgIpc) is 2.78. The number of nitrogens with zero attached hydrogens (tertiary/aromatic N) is 4. The number of nitrogens with one attached hydrogen (secondary N) is 1. The van der Waals surface area contributed by atoms with E-state index in [2.05, 4.69) is 15.3 Å². The third-order valence-corrected chi connectivity index (χ3v) is 4.80. The Kier molecular flexibility index (Phi) is 5.53. The largest absolute Gasteiger partial charge is 0.365 e. The Hall–Kier alpha value is -4.33. The molecule has 1 N–H and O–H groups in total. The van der Waals surface area contributed by atoms with E-state index < -0.39 is 4.92 Å². The molecule has 0 aliphatic carbocycles. The average molecular weight is 413 g/mol. The van der Waals surface area contributed by atoms with Gasteiger partial charge in [-0.1, -0.05) is 48.5 Å². The lowest BCUT2D eigenvalue weighted by atomic mass is 10.2. The van der Waals surface area contributed by atoms with E-state index in [1.54, 1.807) is 24.4 Å². The lowest BCUT2D eigenvalue weighted by Gasteiger charge is -2.12. The Morgan fingerprint density at radius 3 is 2.61 bits per heavy atom. The van der Waals surface area contributed by atoms with E-state index in [9.17, 15) is 14.9 Å². The van der Waals surface area contributed by atoms with Crippen molar-refractivity contribution in [3.8, 4) is 0 Å². The van der Waals surface area contributed by atoms with Gasteiger partial charge in [0.1, 0.15) is 22.7 Å². The summed E-state index contributed by atoms with van der Waals surface area (Å²) < 4.78 is 1.45. The van der Waals surface area contributed by atoms with Crippen LogP contribution >= 0.6 is 0 Å². The highest BCUT2D eigenvalue weighted by Crippen LogP contribution is 2.26. The Morgan fingerprint density at radius 2 is 1.84 bits per heavy atom. The number of hydrogen-bond donors (Lipinski definition) is 1. The molecule has 154 valence electrons. The number of pyridine rings is 1. The Balaban J connectivity index is 1.81. The number of fused-ring (bicyclic) bond motifs is 1. The smallest absolute Gasteiger partial charge is 0.294 e. The van der Waals surface area contributed by atoms with Crippen molar-refractivity contribution in [2.75, 3.05) is 5.32 Å². The summed E-state index contributed by atoms with van der Waals surface area (Å²) in [6, 6.07) is 19.5. The van der Waals surface area contributed by atoms with Gasteiger partial charge in [0.25, 0.3) is 11.2 Å². The monoisotopic (exact) mass is 413 g/mol. The number of aromatic nitrogens is 2. The molecule has 0 saturated heterocycles. The van der Waals surface area contributed by atoms with Crippen LogP contribution < -0.4 is 10.9 Å². The van der Waals surface area contributed by atoms with Crippen molar-refractivity contribution in [3.63, 3.8) is 0 Å². The van der Waals surface area contributed by atoms with Crippen LogP contribution in [0.4, 0.5) is 17.2 Å². The Morgan fingerprint density at radius 1 is 1.10 bits per heavy atom. The maximum absolute atomic E-state index is 13.2. The molecule has 0 radical (unpaired) electrons. The number of nitro groups is 1. The number of para-hydroxylation sites is 2. The fourth-order valence-corrected chi connectivity index (χ4v) is 3.21. The predicted octanol–water partition coefficient (Wildman–Crippen LogP) is 4.27. The van der Waals surface area contributed by atoms with Crippen LogP contribution in [0.2, 0.25) is 0 Å². The summed E-state index contributed by atoms with van der Waals surface area (Å²) in [4.78, 5) is 32.9. The zero-order chi connectivity index (χ0) is 21.8. The van der Waals surface area contributed by atoms with Crippen molar-refractivity contribution in [2.45, 2.75) is 13.5 Å². The van der Waals surface area contributed by atoms with Gasteiger partial charge in [-0.3, -0.25) is 19.3 Å². The zero-order valence-electron chi connectivity index (χ0n) is 16.7. The van der Waals surface area contributed by atoms with Gasteiger partial charge in [0, 0.05) is 25.0 Å². The van der Waals surface area contributed by atoms with Gasteiger partial charge in [-0.05, 0) is 30.2 Å². The van der Waals surface area contributed by atoms with E-state index in [0.717, 1.165) is 11.1 Å². The fraction of sp³-hybridized carbons (Fsp3) is 0.0870. The van der Waals surface area contributed by atoms with Crippen LogP contribution in [0.25, 0.3) is 5.65 Å². The molecule has 2 aromatic heterocycles. The molecule has 2 aromatic carbocycles. The standard InChI is InChI=1S/C23H19N5O3/c1-16-8-7-13-27-22(16)26-21(25-14-17-9-3-2-4-10-17)18(23(27)29)15-24-19-11-5-6-12-20(19)28(30)31/h2-13,15,25H,14H2,1H3. The number of rotatable bonds is 6. The van der Waals surface area contributed by atoms with Crippen LogP contribution in [0.15, 0.2) is 82.7 Å². The topological polar surface area (TPSA) is 102 Å². The van der Waals surface area contributed by atoms with Crippen molar-refractivity contribution < 1.29 is 4.92 Å². The molecule has 0 fully saturated rings. The molecular formula is C23H19N5O3. The summed E-state index contributed by atoms with van der Waals surface area (Å²) in [6.45, 7) is 2.34. The maximum Gasteiger partial charge on any atom is 0.294 e. The Labute approximate surface area is 177 Å². The first-order valence-electron chi connectivity index (χ1n) is 9.62. The first kappa shape index (κ1) is 20.0. The minimum absolute atomic E-state index is 0.137. The summed E-state index contributed by atoms with van der Waals surface area (Å²) in [5.74, 6) is 0.366. The van der Waals surface area contributed by atoms with Crippen LogP contribution in [0.1, 0.15) is 16.7 Å². The zero-order valence-corrected chi connectivity index (χ0v) is 16.7. The highest BCUT2D eigenvalue weighted by atomic mass is 16.6. The maximum atomic E-state index is 13.2. The second-order valence-corrected chi connectivity index (χ2v) is 6.91. The van der Waals surface area contributed by atoms with E-state index in [1.165, 1.54) is 22.7 Å². The van der Waals surface area contributed by atoms with E-state index in [4.69, 9.17) is 0 Å². The number of aliphatic imine (C=N–C) groups is 1. The van der Waals surface area contributed by atoms with Gasteiger partial charge in [0.05, 0.1) is 4.92 Å². The van der Waals surface area contributed by atoms with Crippen molar-refractivity contribution >= 4 is 29.1 Å². The molecule has 8 nitrogen and oxygen atoms in total. The lowest BCUT2D eigenvalue weighted by Crippen LogP contribution is -2.23. The van der Waals surface area contributed by atoms with Crippen LogP contribution in [-0.4, -0.2) is 20.5 Å². The van der Waals surface area contributed by atoms with Crippen molar-refractivity contribution in [2.24, 2.45) is 4.99 Å². The minimum atomic E-state index is -0.504. The summed E-state index contributed by atoms with van der Waals surface area (Å²) in [5, 5.41) is 14.5. The molecule has 0 bridgehead atoms. The molecule has 4 aromatic rings. The third-order valence-electron chi connectivity index (χ3n) is 4.80.